The van der Waals surface area contributed by atoms with Crippen molar-refractivity contribution in [3.63, 3.8) is 0 Å². The number of aryl methyl sites for hydroxylation is 1. The zero-order valence-electron chi connectivity index (χ0n) is 12.5. The van der Waals surface area contributed by atoms with Crippen LogP contribution in [0, 0.1) is 12.3 Å². The number of benzene rings is 1. The van der Waals surface area contributed by atoms with Gasteiger partial charge in [-0.3, -0.25) is 9.59 Å². The van der Waals surface area contributed by atoms with Gasteiger partial charge in [-0.2, -0.15) is 0 Å². The van der Waals surface area contributed by atoms with Gasteiger partial charge in [-0.1, -0.05) is 37.0 Å². The fourth-order valence-corrected chi connectivity index (χ4v) is 3.19. The average Bonchev–Trinajstić information content (AvgIpc) is 2.45. The van der Waals surface area contributed by atoms with Crippen LogP contribution >= 0.6 is 0 Å². The Morgan fingerprint density at radius 1 is 1.24 bits per heavy atom. The highest BCUT2D eigenvalue weighted by molar-refractivity contribution is 5.94. The van der Waals surface area contributed by atoms with Crippen molar-refractivity contribution >= 4 is 11.9 Å². The van der Waals surface area contributed by atoms with E-state index in [0.717, 1.165) is 37.7 Å². The molecule has 4 nitrogen and oxygen atoms in total. The lowest BCUT2D eigenvalue weighted by Crippen LogP contribution is -2.40. The van der Waals surface area contributed by atoms with E-state index in [9.17, 15) is 9.59 Å². The second kappa shape index (κ2) is 6.74. The first kappa shape index (κ1) is 15.5. The molecule has 0 aromatic heterocycles. The van der Waals surface area contributed by atoms with E-state index in [2.05, 4.69) is 5.32 Å². The second-order valence-corrected chi connectivity index (χ2v) is 6.18. The van der Waals surface area contributed by atoms with E-state index in [1.165, 1.54) is 0 Å². The molecule has 0 saturated heterocycles. The predicted octanol–water partition coefficient (Wildman–Crippen LogP) is 3.15. The van der Waals surface area contributed by atoms with Crippen LogP contribution < -0.4 is 5.32 Å². The molecule has 0 aliphatic heterocycles. The lowest BCUT2D eigenvalue weighted by Gasteiger charge is -2.36. The van der Waals surface area contributed by atoms with Crippen molar-refractivity contribution in [1.82, 2.24) is 5.32 Å². The molecule has 1 aliphatic rings. The van der Waals surface area contributed by atoms with E-state index in [1.54, 1.807) is 6.07 Å². The smallest absolute Gasteiger partial charge is 0.303 e. The van der Waals surface area contributed by atoms with Crippen LogP contribution in [-0.4, -0.2) is 23.5 Å². The molecule has 0 radical (unpaired) electrons. The minimum atomic E-state index is -0.776. The maximum atomic E-state index is 12.2. The summed E-state index contributed by atoms with van der Waals surface area (Å²) in [5.41, 5.74) is 1.40. The Morgan fingerprint density at radius 2 is 1.95 bits per heavy atom. The highest BCUT2D eigenvalue weighted by Crippen LogP contribution is 2.38. The first-order chi connectivity index (χ1) is 10.0. The molecule has 2 rings (SSSR count). The lowest BCUT2D eigenvalue weighted by atomic mass is 9.71. The normalized spacial score (nSPS) is 17.2. The van der Waals surface area contributed by atoms with Gasteiger partial charge in [-0.05, 0) is 37.3 Å². The molecule has 4 heteroatoms. The van der Waals surface area contributed by atoms with Gasteiger partial charge in [0.15, 0.2) is 0 Å². The van der Waals surface area contributed by atoms with Crippen LogP contribution in [-0.2, 0) is 4.79 Å². The Morgan fingerprint density at radius 3 is 2.57 bits per heavy atom. The highest BCUT2D eigenvalue weighted by Gasteiger charge is 2.34. The Hall–Kier alpha value is -1.84. The minimum absolute atomic E-state index is 0.117. The van der Waals surface area contributed by atoms with Crippen molar-refractivity contribution in [2.75, 3.05) is 6.54 Å². The summed E-state index contributed by atoms with van der Waals surface area (Å²) < 4.78 is 0. The van der Waals surface area contributed by atoms with Crippen molar-refractivity contribution in [2.45, 2.75) is 45.4 Å². The van der Waals surface area contributed by atoms with Crippen molar-refractivity contribution in [2.24, 2.45) is 5.41 Å². The van der Waals surface area contributed by atoms with Crippen LogP contribution in [0.3, 0.4) is 0 Å². The molecule has 21 heavy (non-hydrogen) atoms. The second-order valence-electron chi connectivity index (χ2n) is 6.18. The number of carboxylic acids is 1. The molecule has 1 amide bonds. The lowest BCUT2D eigenvalue weighted by molar-refractivity contribution is -0.140. The van der Waals surface area contributed by atoms with Crippen molar-refractivity contribution < 1.29 is 14.7 Å². The minimum Gasteiger partial charge on any atom is -0.481 e. The van der Waals surface area contributed by atoms with Crippen LogP contribution in [0.4, 0.5) is 0 Å². The average molecular weight is 289 g/mol. The van der Waals surface area contributed by atoms with E-state index < -0.39 is 5.97 Å². The van der Waals surface area contributed by atoms with Crippen LogP contribution in [0.25, 0.3) is 0 Å². The number of nitrogens with one attached hydrogen (secondary N) is 1. The van der Waals surface area contributed by atoms with Gasteiger partial charge < -0.3 is 10.4 Å². The number of aliphatic carboxylic acids is 1. The first-order valence-electron chi connectivity index (χ1n) is 7.57. The zero-order chi connectivity index (χ0) is 15.3. The molecular weight excluding hydrogens is 266 g/mol. The maximum Gasteiger partial charge on any atom is 0.303 e. The van der Waals surface area contributed by atoms with E-state index in [-0.39, 0.29) is 17.7 Å². The number of carboxylic acid groups (broad SMARTS) is 1. The topological polar surface area (TPSA) is 66.4 Å². The van der Waals surface area contributed by atoms with E-state index in [4.69, 9.17) is 5.11 Å². The summed E-state index contributed by atoms with van der Waals surface area (Å²) >= 11 is 0. The molecule has 2 N–H and O–H groups in total. The van der Waals surface area contributed by atoms with Crippen LogP contribution in [0.5, 0.6) is 0 Å². The summed E-state index contributed by atoms with van der Waals surface area (Å²) in [7, 11) is 0. The van der Waals surface area contributed by atoms with Gasteiger partial charge >= 0.3 is 5.97 Å². The molecule has 114 valence electrons. The third-order valence-electron chi connectivity index (χ3n) is 4.34. The Labute approximate surface area is 125 Å². The number of amides is 1. The third-order valence-corrected chi connectivity index (χ3v) is 4.34. The van der Waals surface area contributed by atoms with Gasteiger partial charge in [0, 0.05) is 12.1 Å². The number of carbonyl (C=O) groups is 2. The van der Waals surface area contributed by atoms with Gasteiger partial charge in [-0.15, -0.1) is 0 Å². The van der Waals surface area contributed by atoms with Gasteiger partial charge in [0.1, 0.15) is 0 Å². The van der Waals surface area contributed by atoms with Crippen molar-refractivity contribution in [1.29, 1.82) is 0 Å². The molecule has 0 bridgehead atoms. The molecule has 0 atom stereocenters. The van der Waals surface area contributed by atoms with E-state index >= 15 is 0 Å². The van der Waals surface area contributed by atoms with Gasteiger partial charge in [0.05, 0.1) is 6.42 Å². The third kappa shape index (κ3) is 4.31. The maximum absolute atomic E-state index is 12.2. The summed E-state index contributed by atoms with van der Waals surface area (Å²) in [4.78, 5) is 23.3. The monoisotopic (exact) mass is 289 g/mol. The van der Waals surface area contributed by atoms with Gasteiger partial charge in [-0.25, -0.2) is 0 Å². The molecule has 0 heterocycles. The molecule has 1 fully saturated rings. The van der Waals surface area contributed by atoms with E-state index in [0.29, 0.717) is 12.1 Å². The van der Waals surface area contributed by atoms with Crippen molar-refractivity contribution in [3.05, 3.63) is 35.4 Å². The molecular formula is C17H23NO3. The fourth-order valence-electron chi connectivity index (χ4n) is 3.19. The predicted molar refractivity (Wildman–Crippen MR) is 81.3 cm³/mol. The summed E-state index contributed by atoms with van der Waals surface area (Å²) in [5, 5.41) is 12.1. The Kier molecular flexibility index (Phi) is 4.99. The number of hydrogen-bond acceptors (Lipinski definition) is 2. The number of carbonyl (C=O) groups excluding carboxylic acids is 1. The summed E-state index contributed by atoms with van der Waals surface area (Å²) in [5.74, 6) is -0.893. The van der Waals surface area contributed by atoms with Crippen molar-refractivity contribution in [3.8, 4) is 0 Å². The number of hydrogen-bond donors (Lipinski definition) is 2. The largest absolute Gasteiger partial charge is 0.481 e. The molecule has 1 saturated carbocycles. The summed E-state index contributed by atoms with van der Waals surface area (Å²) in [6, 6.07) is 7.44. The van der Waals surface area contributed by atoms with E-state index in [1.807, 2.05) is 25.1 Å². The molecule has 0 spiro atoms. The summed E-state index contributed by atoms with van der Waals surface area (Å²) in [6.07, 6.45) is 5.16. The zero-order valence-corrected chi connectivity index (χ0v) is 12.5. The van der Waals surface area contributed by atoms with Crippen LogP contribution in [0.15, 0.2) is 24.3 Å². The number of rotatable bonds is 5. The Bertz CT molecular complexity index is 519. The van der Waals surface area contributed by atoms with Crippen LogP contribution in [0.1, 0.15) is 54.4 Å². The molecule has 1 aromatic rings. The SMILES string of the molecule is Cc1cccc(C(=O)NCC2(CC(=O)O)CCCCC2)c1. The van der Waals surface area contributed by atoms with Gasteiger partial charge in [0.25, 0.3) is 5.91 Å². The standard InChI is InChI=1S/C17H23NO3/c1-13-6-5-7-14(10-13)16(21)18-12-17(11-15(19)20)8-3-2-4-9-17/h5-7,10H,2-4,8-9,11-12H2,1H3,(H,18,21)(H,19,20). The fraction of sp³-hybridized carbons (Fsp3) is 0.529. The quantitative estimate of drug-likeness (QED) is 0.875. The molecule has 1 aromatic carbocycles. The molecule has 1 aliphatic carbocycles. The molecule has 0 unspecified atom stereocenters. The highest BCUT2D eigenvalue weighted by atomic mass is 16.4. The Balaban J connectivity index is 2.01. The van der Waals surface area contributed by atoms with Gasteiger partial charge in [0.2, 0.25) is 0 Å². The first-order valence-corrected chi connectivity index (χ1v) is 7.57. The van der Waals surface area contributed by atoms with Crippen LogP contribution in [0.2, 0.25) is 0 Å². The summed E-state index contributed by atoms with van der Waals surface area (Å²) in [6.45, 7) is 2.40.